The van der Waals surface area contributed by atoms with Crippen LogP contribution >= 0.6 is 0 Å². The van der Waals surface area contributed by atoms with Gasteiger partial charge in [0.2, 0.25) is 0 Å². The number of benzene rings is 8. The molecule has 0 unspecified atom stereocenters. The quantitative estimate of drug-likeness (QED) is 0.175. The summed E-state index contributed by atoms with van der Waals surface area (Å²) in [5.41, 5.74) is 8.21. The lowest BCUT2D eigenvalue weighted by Gasteiger charge is -2.12. The molecule has 5 nitrogen and oxygen atoms in total. The fourth-order valence-electron chi connectivity index (χ4n) is 7.58. The first kappa shape index (κ1) is 28.7. The van der Waals surface area contributed by atoms with Crippen LogP contribution in [-0.4, -0.2) is 15.0 Å². The highest BCUT2D eigenvalue weighted by Gasteiger charge is 2.20. The summed E-state index contributed by atoms with van der Waals surface area (Å²) in [4.78, 5) is 15.2. The van der Waals surface area contributed by atoms with E-state index in [1.54, 1.807) is 0 Å². The molecule has 0 fully saturated rings. The molecule has 11 aromatic rings. The SMILES string of the molecule is c1ccc(-c2nc(-c3ccccc3)nc(-c3cc(-c4ccc5ccc6cc7oc8ccccc8c7cc6c5c4)cc4oc5ccccc5c34)n2)cc1. The molecule has 0 spiro atoms. The molecule has 0 atom stereocenters. The third-order valence-corrected chi connectivity index (χ3v) is 10.1. The van der Waals surface area contributed by atoms with E-state index in [1.807, 2.05) is 91.0 Å². The molecule has 0 aliphatic rings. The molecule has 5 heteroatoms. The summed E-state index contributed by atoms with van der Waals surface area (Å²) in [6.45, 7) is 0. The van der Waals surface area contributed by atoms with Gasteiger partial charge in [-0.15, -0.1) is 0 Å². The van der Waals surface area contributed by atoms with Crippen LogP contribution in [-0.2, 0) is 0 Å². The normalized spacial score (nSPS) is 11.8. The van der Waals surface area contributed by atoms with Crippen molar-refractivity contribution in [3.05, 3.63) is 164 Å². The van der Waals surface area contributed by atoms with Crippen LogP contribution in [0, 0.1) is 0 Å². The predicted molar refractivity (Wildman–Crippen MR) is 211 cm³/mol. The molecule has 8 aromatic carbocycles. The van der Waals surface area contributed by atoms with Gasteiger partial charge in [0.15, 0.2) is 17.5 Å². The van der Waals surface area contributed by atoms with E-state index in [9.17, 15) is 0 Å². The summed E-state index contributed by atoms with van der Waals surface area (Å²) in [7, 11) is 0. The van der Waals surface area contributed by atoms with Gasteiger partial charge in [-0.1, -0.05) is 121 Å². The molecule has 0 aliphatic heterocycles. The molecule has 3 heterocycles. The lowest BCUT2D eigenvalue weighted by atomic mass is 9.94. The Labute approximate surface area is 297 Å². The highest BCUT2D eigenvalue weighted by molar-refractivity contribution is 6.17. The average Bonchev–Trinajstić information content (AvgIpc) is 3.78. The Bertz CT molecular complexity index is 3120. The van der Waals surface area contributed by atoms with Crippen LogP contribution in [0.15, 0.2) is 173 Å². The van der Waals surface area contributed by atoms with Crippen LogP contribution in [0.5, 0.6) is 0 Å². The van der Waals surface area contributed by atoms with Crippen LogP contribution in [0.25, 0.3) is 111 Å². The second-order valence-corrected chi connectivity index (χ2v) is 13.2. The van der Waals surface area contributed by atoms with Crippen molar-refractivity contribution in [2.75, 3.05) is 0 Å². The fraction of sp³-hybridized carbons (Fsp3) is 0. The molecule has 11 rings (SSSR count). The highest BCUT2D eigenvalue weighted by atomic mass is 16.3. The Morgan fingerprint density at radius 1 is 0.308 bits per heavy atom. The maximum absolute atomic E-state index is 6.56. The molecular weight excluding hydrogens is 639 g/mol. The number of fused-ring (bicyclic) bond motifs is 9. The summed E-state index contributed by atoms with van der Waals surface area (Å²) in [5.74, 6) is 1.82. The first-order valence-electron chi connectivity index (χ1n) is 17.3. The lowest BCUT2D eigenvalue weighted by Crippen LogP contribution is -2.00. The molecule has 0 N–H and O–H groups in total. The number of hydrogen-bond donors (Lipinski definition) is 0. The van der Waals surface area contributed by atoms with E-state index >= 15 is 0 Å². The van der Waals surface area contributed by atoms with Crippen molar-refractivity contribution < 1.29 is 8.83 Å². The van der Waals surface area contributed by atoms with Crippen molar-refractivity contribution in [3.8, 4) is 45.3 Å². The zero-order chi connectivity index (χ0) is 34.2. The van der Waals surface area contributed by atoms with Gasteiger partial charge < -0.3 is 8.83 Å². The first-order valence-corrected chi connectivity index (χ1v) is 17.3. The number of para-hydroxylation sites is 2. The average molecular weight is 666 g/mol. The van der Waals surface area contributed by atoms with Crippen molar-refractivity contribution in [3.63, 3.8) is 0 Å². The van der Waals surface area contributed by atoms with Gasteiger partial charge in [-0.2, -0.15) is 0 Å². The standard InChI is InChI=1S/C47H27N3O2/c1-3-11-29(12-4-1)45-48-46(30-13-5-2-6-14-30)50-47(49-45)39-24-33(26-43-44(39)35-16-8-10-18-41(35)52-43)31-21-19-28-20-22-32-25-42-38(27-37(32)36(28)23-31)34-15-7-9-17-40(34)51-42/h1-27H. The third kappa shape index (κ3) is 4.53. The van der Waals surface area contributed by atoms with Gasteiger partial charge in [-0.05, 0) is 75.1 Å². The number of nitrogens with zero attached hydrogens (tertiary/aromatic N) is 3. The molecule has 0 amide bonds. The molecular formula is C47H27N3O2. The number of furan rings is 2. The van der Waals surface area contributed by atoms with E-state index in [0.717, 1.165) is 77.1 Å². The second-order valence-electron chi connectivity index (χ2n) is 13.2. The Balaban J connectivity index is 1.17. The van der Waals surface area contributed by atoms with E-state index in [4.69, 9.17) is 23.8 Å². The van der Waals surface area contributed by atoms with Crippen LogP contribution in [0.3, 0.4) is 0 Å². The fourth-order valence-corrected chi connectivity index (χ4v) is 7.58. The van der Waals surface area contributed by atoms with Gasteiger partial charge in [0.05, 0.1) is 0 Å². The smallest absolute Gasteiger partial charge is 0.164 e. The van der Waals surface area contributed by atoms with E-state index in [2.05, 4.69) is 72.8 Å². The van der Waals surface area contributed by atoms with E-state index in [1.165, 1.54) is 16.2 Å². The van der Waals surface area contributed by atoms with Crippen LogP contribution in [0.2, 0.25) is 0 Å². The monoisotopic (exact) mass is 665 g/mol. The second kappa shape index (κ2) is 11.2. The maximum atomic E-state index is 6.56. The molecule has 0 bridgehead atoms. The van der Waals surface area contributed by atoms with Crippen LogP contribution < -0.4 is 0 Å². The Kier molecular flexibility index (Phi) is 6.18. The largest absolute Gasteiger partial charge is 0.456 e. The van der Waals surface area contributed by atoms with Gasteiger partial charge in [-0.3, -0.25) is 0 Å². The third-order valence-electron chi connectivity index (χ3n) is 10.1. The molecule has 0 aliphatic carbocycles. The molecule has 242 valence electrons. The number of rotatable bonds is 4. The molecule has 0 saturated heterocycles. The maximum Gasteiger partial charge on any atom is 0.164 e. The van der Waals surface area contributed by atoms with E-state index in [0.29, 0.717) is 17.5 Å². The summed E-state index contributed by atoms with van der Waals surface area (Å²) < 4.78 is 12.8. The topological polar surface area (TPSA) is 65.0 Å². The van der Waals surface area contributed by atoms with Crippen LogP contribution in [0.4, 0.5) is 0 Å². The summed E-state index contributed by atoms with van der Waals surface area (Å²) >= 11 is 0. The van der Waals surface area contributed by atoms with Crippen LogP contribution in [0.1, 0.15) is 0 Å². The number of hydrogen-bond acceptors (Lipinski definition) is 5. The van der Waals surface area contributed by atoms with Crippen molar-refractivity contribution in [2.45, 2.75) is 0 Å². The summed E-state index contributed by atoms with van der Waals surface area (Å²) in [6, 6.07) is 56.4. The van der Waals surface area contributed by atoms with Gasteiger partial charge >= 0.3 is 0 Å². The molecule has 3 aromatic heterocycles. The molecule has 52 heavy (non-hydrogen) atoms. The lowest BCUT2D eigenvalue weighted by molar-refractivity contribution is 0.669. The minimum atomic E-state index is 0.589. The van der Waals surface area contributed by atoms with Crippen molar-refractivity contribution in [2.24, 2.45) is 0 Å². The van der Waals surface area contributed by atoms with E-state index in [-0.39, 0.29) is 0 Å². The van der Waals surface area contributed by atoms with Crippen molar-refractivity contribution >= 4 is 65.4 Å². The number of aromatic nitrogens is 3. The summed E-state index contributed by atoms with van der Waals surface area (Å²) in [5, 5.41) is 8.89. The highest BCUT2D eigenvalue weighted by Crippen LogP contribution is 2.41. The minimum absolute atomic E-state index is 0.589. The van der Waals surface area contributed by atoms with Gasteiger partial charge in [0.25, 0.3) is 0 Å². The molecule has 0 saturated carbocycles. The van der Waals surface area contributed by atoms with Crippen molar-refractivity contribution in [1.29, 1.82) is 0 Å². The van der Waals surface area contributed by atoms with Gasteiger partial charge in [-0.25, -0.2) is 15.0 Å². The minimum Gasteiger partial charge on any atom is -0.456 e. The first-order chi connectivity index (χ1) is 25.7. The Morgan fingerprint density at radius 3 is 1.63 bits per heavy atom. The van der Waals surface area contributed by atoms with Gasteiger partial charge in [0.1, 0.15) is 22.3 Å². The van der Waals surface area contributed by atoms with E-state index < -0.39 is 0 Å². The predicted octanol–water partition coefficient (Wildman–Crippen LogP) is 12.6. The summed E-state index contributed by atoms with van der Waals surface area (Å²) in [6.07, 6.45) is 0. The zero-order valence-electron chi connectivity index (χ0n) is 27.7. The Hall–Kier alpha value is -7.11. The zero-order valence-corrected chi connectivity index (χ0v) is 27.7. The van der Waals surface area contributed by atoms with Gasteiger partial charge in [0, 0.05) is 38.2 Å². The Morgan fingerprint density at radius 2 is 0.885 bits per heavy atom. The van der Waals surface area contributed by atoms with Crippen molar-refractivity contribution in [1.82, 2.24) is 15.0 Å². The molecule has 0 radical (unpaired) electrons.